The average molecular weight is 505 g/mol. The quantitative estimate of drug-likeness (QED) is 0.169. The number of benzene rings is 2. The molecule has 5 N–H and O–H groups in total. The van der Waals surface area contributed by atoms with Crippen molar-refractivity contribution in [2.75, 3.05) is 23.4 Å². The fraction of sp³-hybridized carbons (Fsp3) is 0.440. The minimum absolute atomic E-state index is 0.0150. The van der Waals surface area contributed by atoms with Crippen LogP contribution < -0.4 is 10.8 Å². The number of amides is 2. The molecule has 2 amide bonds. The maximum Gasteiger partial charge on any atom is 0.243 e. The molecule has 10 heteroatoms. The van der Waals surface area contributed by atoms with Gasteiger partial charge in [-0.05, 0) is 29.7 Å². The number of thioether (sulfide) groups is 1. The Bertz CT molecular complexity index is 940. The number of hydrogen-bond acceptors (Lipinski definition) is 8. The van der Waals surface area contributed by atoms with E-state index in [-0.39, 0.29) is 44.2 Å². The molecule has 3 atom stereocenters. The van der Waals surface area contributed by atoms with Gasteiger partial charge in [-0.1, -0.05) is 36.4 Å². The Kier molecular flexibility index (Phi) is 11.0. The Labute approximate surface area is 208 Å². The van der Waals surface area contributed by atoms with Crippen LogP contribution in [0.3, 0.4) is 0 Å². The number of hydroxylamine groups is 1. The zero-order chi connectivity index (χ0) is 25.0. The second kappa shape index (κ2) is 14.2. The topological polar surface area (TPSA) is 137 Å². The van der Waals surface area contributed by atoms with Gasteiger partial charge in [0, 0.05) is 42.0 Å². The number of rotatable bonds is 12. The molecular weight excluding hydrogens is 472 g/mol. The molecule has 1 fully saturated rings. The smallest absolute Gasteiger partial charge is 0.243 e. The highest BCUT2D eigenvalue weighted by Crippen LogP contribution is 2.39. The van der Waals surface area contributed by atoms with Gasteiger partial charge in [0.05, 0.1) is 25.4 Å². The minimum Gasteiger partial charge on any atom is -0.396 e. The molecule has 0 aliphatic carbocycles. The number of anilines is 1. The van der Waals surface area contributed by atoms with Crippen LogP contribution in [0, 0.1) is 0 Å². The third kappa shape index (κ3) is 8.60. The van der Waals surface area contributed by atoms with Crippen LogP contribution in [0.2, 0.25) is 0 Å². The van der Waals surface area contributed by atoms with Gasteiger partial charge >= 0.3 is 0 Å². The van der Waals surface area contributed by atoms with Gasteiger partial charge in [-0.3, -0.25) is 14.8 Å². The number of aliphatic hydroxyl groups is 2. The predicted octanol–water partition coefficient (Wildman–Crippen LogP) is 3.06. The van der Waals surface area contributed by atoms with E-state index in [2.05, 4.69) is 5.32 Å². The molecule has 0 aromatic heterocycles. The largest absolute Gasteiger partial charge is 0.396 e. The molecule has 35 heavy (non-hydrogen) atoms. The van der Waals surface area contributed by atoms with E-state index in [9.17, 15) is 14.7 Å². The van der Waals surface area contributed by atoms with E-state index in [0.717, 1.165) is 22.4 Å². The number of carbonyl (C=O) groups is 2. The number of carbonyl (C=O) groups excluding carboxylic acids is 2. The summed E-state index contributed by atoms with van der Waals surface area (Å²) >= 11 is 1.63. The van der Waals surface area contributed by atoms with Gasteiger partial charge < -0.3 is 25.0 Å². The number of ether oxygens (including phenoxy) is 2. The highest BCUT2D eigenvalue weighted by molar-refractivity contribution is 7.99. The van der Waals surface area contributed by atoms with Crippen LogP contribution in [0.25, 0.3) is 0 Å². The molecule has 2 aromatic rings. The Morgan fingerprint density at radius 1 is 0.943 bits per heavy atom. The molecule has 1 aliphatic heterocycles. The summed E-state index contributed by atoms with van der Waals surface area (Å²) in [4.78, 5) is 23.1. The third-order valence-electron chi connectivity index (χ3n) is 5.55. The maximum atomic E-state index is 12.1. The summed E-state index contributed by atoms with van der Waals surface area (Å²) in [5.41, 5.74) is 4.82. The Hall–Kier alpha value is -2.47. The molecule has 1 aliphatic rings. The van der Waals surface area contributed by atoms with Crippen molar-refractivity contribution in [2.45, 2.75) is 50.8 Å². The second-order valence-corrected chi connectivity index (χ2v) is 9.36. The summed E-state index contributed by atoms with van der Waals surface area (Å²) < 4.78 is 12.5. The molecule has 0 radical (unpaired) electrons. The average Bonchev–Trinajstić information content (AvgIpc) is 2.89. The van der Waals surface area contributed by atoms with Crippen LogP contribution >= 0.6 is 11.8 Å². The lowest BCUT2D eigenvalue weighted by atomic mass is 10.0. The van der Waals surface area contributed by atoms with Crippen LogP contribution in [0.15, 0.2) is 48.5 Å². The van der Waals surface area contributed by atoms with Gasteiger partial charge in [-0.2, -0.15) is 11.8 Å². The van der Waals surface area contributed by atoms with Crippen LogP contribution in [-0.2, 0) is 25.7 Å². The number of aliphatic hydroxyl groups excluding tert-OH is 2. The van der Waals surface area contributed by atoms with Crippen molar-refractivity contribution in [1.82, 2.24) is 5.48 Å². The van der Waals surface area contributed by atoms with Gasteiger partial charge in [0.25, 0.3) is 0 Å². The van der Waals surface area contributed by atoms with Crippen LogP contribution in [-0.4, -0.2) is 51.5 Å². The van der Waals surface area contributed by atoms with Crippen molar-refractivity contribution in [3.63, 3.8) is 0 Å². The van der Waals surface area contributed by atoms with E-state index in [1.54, 1.807) is 29.4 Å². The van der Waals surface area contributed by atoms with Gasteiger partial charge in [-0.15, -0.1) is 0 Å². The van der Waals surface area contributed by atoms with Crippen molar-refractivity contribution < 1.29 is 34.5 Å². The fourth-order valence-corrected chi connectivity index (χ4v) is 4.49. The SMILES string of the molecule is O=C(CCCC(=O)Nc1ccc(C2OC(CSCCO)CC(c3ccc(CO)cc3)O2)cc1)NO. The molecule has 190 valence electrons. The molecule has 1 heterocycles. The lowest BCUT2D eigenvalue weighted by molar-refractivity contribution is -0.245. The van der Waals surface area contributed by atoms with Crippen molar-refractivity contribution in [2.24, 2.45) is 0 Å². The van der Waals surface area contributed by atoms with E-state index in [1.165, 1.54) is 0 Å². The van der Waals surface area contributed by atoms with Gasteiger partial charge in [0.2, 0.25) is 11.8 Å². The van der Waals surface area contributed by atoms with Crippen molar-refractivity contribution in [1.29, 1.82) is 0 Å². The monoisotopic (exact) mass is 504 g/mol. The molecule has 3 rings (SSSR count). The molecule has 0 bridgehead atoms. The summed E-state index contributed by atoms with van der Waals surface area (Å²) in [5.74, 6) is 0.625. The first kappa shape index (κ1) is 27.1. The summed E-state index contributed by atoms with van der Waals surface area (Å²) in [7, 11) is 0. The number of hydrogen-bond donors (Lipinski definition) is 5. The summed E-state index contributed by atoms with van der Waals surface area (Å²) in [5, 5.41) is 29.7. The van der Waals surface area contributed by atoms with Crippen molar-refractivity contribution in [3.8, 4) is 0 Å². The van der Waals surface area contributed by atoms with Gasteiger partial charge in [0.1, 0.15) is 0 Å². The molecular formula is C25H32N2O7S. The molecule has 2 aromatic carbocycles. The Morgan fingerprint density at radius 3 is 2.29 bits per heavy atom. The summed E-state index contributed by atoms with van der Waals surface area (Å²) in [6.45, 7) is 0.101. The molecule has 0 spiro atoms. The van der Waals surface area contributed by atoms with Crippen LogP contribution in [0.1, 0.15) is 54.8 Å². The van der Waals surface area contributed by atoms with Gasteiger partial charge in [-0.25, -0.2) is 5.48 Å². The van der Waals surface area contributed by atoms with E-state index in [1.807, 2.05) is 36.4 Å². The normalized spacial score (nSPS) is 19.8. The first-order valence-electron chi connectivity index (χ1n) is 11.5. The summed E-state index contributed by atoms with van der Waals surface area (Å²) in [6.07, 6.45) is 0.397. The fourth-order valence-electron chi connectivity index (χ4n) is 3.71. The third-order valence-corrected chi connectivity index (χ3v) is 6.63. The Morgan fingerprint density at radius 2 is 1.63 bits per heavy atom. The van der Waals surface area contributed by atoms with E-state index in [4.69, 9.17) is 19.8 Å². The lowest BCUT2D eigenvalue weighted by Gasteiger charge is -2.36. The van der Waals surface area contributed by atoms with E-state index in [0.29, 0.717) is 24.3 Å². The van der Waals surface area contributed by atoms with Crippen molar-refractivity contribution >= 4 is 29.3 Å². The lowest BCUT2D eigenvalue weighted by Crippen LogP contribution is -2.31. The Balaban J connectivity index is 1.64. The zero-order valence-corrected chi connectivity index (χ0v) is 20.2. The zero-order valence-electron chi connectivity index (χ0n) is 19.4. The van der Waals surface area contributed by atoms with E-state index >= 15 is 0 Å². The highest BCUT2D eigenvalue weighted by atomic mass is 32.2. The summed E-state index contributed by atoms with van der Waals surface area (Å²) in [6, 6.07) is 14.9. The number of nitrogens with one attached hydrogen (secondary N) is 2. The van der Waals surface area contributed by atoms with Crippen LogP contribution in [0.4, 0.5) is 5.69 Å². The van der Waals surface area contributed by atoms with Crippen LogP contribution in [0.5, 0.6) is 0 Å². The minimum atomic E-state index is -0.590. The van der Waals surface area contributed by atoms with E-state index < -0.39 is 12.2 Å². The second-order valence-electron chi connectivity index (χ2n) is 8.21. The molecule has 3 unspecified atom stereocenters. The molecule has 0 saturated carbocycles. The van der Waals surface area contributed by atoms with Crippen molar-refractivity contribution in [3.05, 3.63) is 65.2 Å². The first-order valence-corrected chi connectivity index (χ1v) is 12.7. The highest BCUT2D eigenvalue weighted by Gasteiger charge is 2.32. The molecule has 1 saturated heterocycles. The first-order chi connectivity index (χ1) is 17.0. The van der Waals surface area contributed by atoms with Gasteiger partial charge in [0.15, 0.2) is 6.29 Å². The predicted molar refractivity (Wildman–Crippen MR) is 132 cm³/mol. The maximum absolute atomic E-state index is 12.1. The standard InChI is InChI=1S/C25H32N2O7S/c28-12-13-35-16-21-14-22(18-6-4-17(15-29)5-7-18)34-25(33-21)19-8-10-20(11-9-19)26-23(30)2-1-3-24(31)27-32/h4-11,21-22,25,28-29,32H,1-3,12-16H2,(H,26,30)(H,27,31). The molecule has 9 nitrogen and oxygen atoms in total.